The van der Waals surface area contributed by atoms with Crippen LogP contribution in [0.4, 0.5) is 0 Å². The molecule has 2 aliphatic heterocycles. The minimum absolute atomic E-state index is 0.211. The molecule has 1 spiro atoms. The van der Waals surface area contributed by atoms with Crippen LogP contribution in [0.3, 0.4) is 0 Å². The molecule has 3 heterocycles. The van der Waals surface area contributed by atoms with Crippen LogP contribution in [0.2, 0.25) is 0 Å². The summed E-state index contributed by atoms with van der Waals surface area (Å²) in [5, 5.41) is 0. The third kappa shape index (κ3) is 2.87. The average molecular weight is 361 g/mol. The number of aromatic nitrogens is 2. The molecule has 0 radical (unpaired) electrons. The van der Waals surface area contributed by atoms with Gasteiger partial charge in [-0.2, -0.15) is 0 Å². The van der Waals surface area contributed by atoms with Gasteiger partial charge in [0.1, 0.15) is 0 Å². The molecule has 3 fully saturated rings. The van der Waals surface area contributed by atoms with E-state index < -0.39 is 0 Å². The first-order valence-electron chi connectivity index (χ1n) is 10.1. The molecule has 1 aromatic heterocycles. The van der Waals surface area contributed by atoms with Crippen molar-refractivity contribution >= 4 is 5.91 Å². The van der Waals surface area contributed by atoms with Gasteiger partial charge in [-0.05, 0) is 33.1 Å². The summed E-state index contributed by atoms with van der Waals surface area (Å²) in [4.78, 5) is 22.8. The normalized spacial score (nSPS) is 30.1. The van der Waals surface area contributed by atoms with Crippen molar-refractivity contribution in [3.8, 4) is 0 Å². The molecule has 6 heteroatoms. The fourth-order valence-corrected chi connectivity index (χ4v) is 4.91. The summed E-state index contributed by atoms with van der Waals surface area (Å²) in [6.07, 6.45) is 8.94. The zero-order chi connectivity index (χ0) is 18.3. The fraction of sp³-hybridized carbons (Fsp3) is 0.800. The number of amides is 1. The lowest BCUT2D eigenvalue weighted by Gasteiger charge is -2.35. The van der Waals surface area contributed by atoms with Gasteiger partial charge >= 0.3 is 0 Å². The van der Waals surface area contributed by atoms with Crippen molar-refractivity contribution in [2.24, 2.45) is 5.41 Å². The van der Waals surface area contributed by atoms with Crippen molar-refractivity contribution in [1.82, 2.24) is 19.4 Å². The Balaban J connectivity index is 1.61. The Morgan fingerprint density at radius 2 is 2.19 bits per heavy atom. The van der Waals surface area contributed by atoms with Crippen LogP contribution < -0.4 is 0 Å². The second-order valence-corrected chi connectivity index (χ2v) is 8.60. The molecule has 0 aromatic carbocycles. The van der Waals surface area contributed by atoms with E-state index in [2.05, 4.69) is 29.5 Å². The average Bonchev–Trinajstić information content (AvgIpc) is 3.25. The van der Waals surface area contributed by atoms with Gasteiger partial charge in [-0.1, -0.05) is 6.42 Å². The molecule has 1 saturated carbocycles. The summed E-state index contributed by atoms with van der Waals surface area (Å²) in [6.45, 7) is 8.38. The molecule has 1 amide bonds. The van der Waals surface area contributed by atoms with Crippen molar-refractivity contribution in [2.45, 2.75) is 57.5 Å². The maximum Gasteiger partial charge on any atom is 0.230 e. The molecular weight excluding hydrogens is 328 g/mol. The lowest BCUT2D eigenvalue weighted by Crippen LogP contribution is -2.43. The lowest BCUT2D eigenvalue weighted by molar-refractivity contribution is -0.136. The van der Waals surface area contributed by atoms with Crippen LogP contribution in [0, 0.1) is 5.41 Å². The Labute approximate surface area is 156 Å². The number of likely N-dealkylation sites (tertiary alicyclic amines) is 2. The third-order valence-corrected chi connectivity index (χ3v) is 6.84. The highest BCUT2D eigenvalue weighted by molar-refractivity contribution is 5.86. The van der Waals surface area contributed by atoms with Gasteiger partial charge in [0, 0.05) is 57.5 Å². The van der Waals surface area contributed by atoms with E-state index in [4.69, 9.17) is 9.72 Å². The zero-order valence-electron chi connectivity index (χ0n) is 16.4. The predicted octanol–water partition coefficient (Wildman–Crippen LogP) is 2.28. The quantitative estimate of drug-likeness (QED) is 0.781. The molecule has 2 atom stereocenters. The number of carbonyl (C=O) groups is 1. The number of methoxy groups -OCH3 is 1. The fourth-order valence-electron chi connectivity index (χ4n) is 4.91. The van der Waals surface area contributed by atoms with E-state index in [1.165, 1.54) is 19.3 Å². The molecule has 1 aromatic rings. The van der Waals surface area contributed by atoms with Gasteiger partial charge in [0.05, 0.1) is 24.0 Å². The van der Waals surface area contributed by atoms with Crippen LogP contribution in [0.25, 0.3) is 0 Å². The van der Waals surface area contributed by atoms with Crippen molar-refractivity contribution in [2.75, 3.05) is 39.9 Å². The number of hydrogen-bond acceptors (Lipinski definition) is 4. The van der Waals surface area contributed by atoms with Crippen LogP contribution in [-0.2, 0) is 9.53 Å². The SMILES string of the molecule is COCCN1CC[C@@]2(CN(C3CCC3)C[C@H]2c2cn(C(C)C)cn2)C1=O. The Morgan fingerprint density at radius 3 is 2.81 bits per heavy atom. The van der Waals surface area contributed by atoms with E-state index in [9.17, 15) is 4.79 Å². The second kappa shape index (κ2) is 6.97. The molecule has 144 valence electrons. The number of ether oxygens (including phenoxy) is 1. The van der Waals surface area contributed by atoms with E-state index in [0.717, 1.165) is 31.7 Å². The highest BCUT2D eigenvalue weighted by Crippen LogP contribution is 2.51. The lowest BCUT2D eigenvalue weighted by atomic mass is 9.75. The Hall–Kier alpha value is -1.40. The van der Waals surface area contributed by atoms with Crippen molar-refractivity contribution in [1.29, 1.82) is 0 Å². The number of rotatable bonds is 6. The summed E-state index contributed by atoms with van der Waals surface area (Å²) in [5.74, 6) is 0.531. The molecule has 26 heavy (non-hydrogen) atoms. The molecule has 0 bridgehead atoms. The first-order valence-corrected chi connectivity index (χ1v) is 10.1. The van der Waals surface area contributed by atoms with Crippen LogP contribution in [-0.4, -0.2) is 71.2 Å². The number of nitrogens with zero attached hydrogens (tertiary/aromatic N) is 4. The standard InChI is InChI=1S/C20H32N4O2/c1-15(2)24-12-18(21-14-24)17-11-23(16-5-4-6-16)13-20(17)7-8-22(19(20)25)9-10-26-3/h12,14-17H,4-11,13H2,1-3H3/t17-,20-/m0/s1. The summed E-state index contributed by atoms with van der Waals surface area (Å²) < 4.78 is 7.37. The highest BCUT2D eigenvalue weighted by atomic mass is 16.5. The minimum atomic E-state index is -0.292. The van der Waals surface area contributed by atoms with Crippen molar-refractivity contribution in [3.05, 3.63) is 18.2 Å². The zero-order valence-corrected chi connectivity index (χ0v) is 16.4. The van der Waals surface area contributed by atoms with Gasteiger partial charge in [-0.25, -0.2) is 4.98 Å². The molecule has 0 N–H and O–H groups in total. The molecule has 1 aliphatic carbocycles. The smallest absolute Gasteiger partial charge is 0.230 e. The van der Waals surface area contributed by atoms with Gasteiger partial charge in [-0.3, -0.25) is 9.69 Å². The van der Waals surface area contributed by atoms with E-state index in [1.807, 2.05) is 11.2 Å². The van der Waals surface area contributed by atoms with Crippen LogP contribution in [0.1, 0.15) is 57.2 Å². The molecule has 2 saturated heterocycles. The Morgan fingerprint density at radius 1 is 1.38 bits per heavy atom. The number of carbonyl (C=O) groups excluding carboxylic acids is 1. The molecular formula is C20H32N4O2. The largest absolute Gasteiger partial charge is 0.383 e. The predicted molar refractivity (Wildman–Crippen MR) is 100 cm³/mol. The maximum atomic E-state index is 13.4. The summed E-state index contributed by atoms with van der Waals surface area (Å²) in [7, 11) is 1.70. The van der Waals surface area contributed by atoms with Crippen LogP contribution in [0.5, 0.6) is 0 Å². The molecule has 0 unspecified atom stereocenters. The first kappa shape index (κ1) is 18.0. The number of hydrogen-bond donors (Lipinski definition) is 0. The maximum absolute atomic E-state index is 13.4. The van der Waals surface area contributed by atoms with Crippen LogP contribution >= 0.6 is 0 Å². The van der Waals surface area contributed by atoms with Gasteiger partial charge in [-0.15, -0.1) is 0 Å². The summed E-state index contributed by atoms with van der Waals surface area (Å²) in [5.41, 5.74) is 0.807. The molecule has 4 rings (SSSR count). The first-order chi connectivity index (χ1) is 12.5. The third-order valence-electron chi connectivity index (χ3n) is 6.84. The van der Waals surface area contributed by atoms with E-state index in [1.54, 1.807) is 7.11 Å². The molecule has 3 aliphatic rings. The second-order valence-electron chi connectivity index (χ2n) is 8.60. The van der Waals surface area contributed by atoms with Gasteiger partial charge < -0.3 is 14.2 Å². The molecule has 6 nitrogen and oxygen atoms in total. The van der Waals surface area contributed by atoms with Crippen LogP contribution in [0.15, 0.2) is 12.5 Å². The monoisotopic (exact) mass is 360 g/mol. The van der Waals surface area contributed by atoms with Gasteiger partial charge in [0.2, 0.25) is 5.91 Å². The topological polar surface area (TPSA) is 50.6 Å². The Bertz CT molecular complexity index is 654. The van der Waals surface area contributed by atoms with E-state index in [-0.39, 0.29) is 11.3 Å². The van der Waals surface area contributed by atoms with E-state index >= 15 is 0 Å². The van der Waals surface area contributed by atoms with Crippen molar-refractivity contribution in [3.63, 3.8) is 0 Å². The number of imidazole rings is 1. The summed E-state index contributed by atoms with van der Waals surface area (Å²) in [6, 6.07) is 1.07. The summed E-state index contributed by atoms with van der Waals surface area (Å²) >= 11 is 0. The van der Waals surface area contributed by atoms with Crippen molar-refractivity contribution < 1.29 is 9.53 Å². The minimum Gasteiger partial charge on any atom is -0.383 e. The highest BCUT2D eigenvalue weighted by Gasteiger charge is 2.58. The van der Waals surface area contributed by atoms with Gasteiger partial charge in [0.25, 0.3) is 0 Å². The van der Waals surface area contributed by atoms with Gasteiger partial charge in [0.15, 0.2) is 0 Å². The Kier molecular flexibility index (Phi) is 4.82. The van der Waals surface area contributed by atoms with E-state index in [0.29, 0.717) is 31.1 Å².